The molecular weight excluding hydrogens is 341 g/mol. The monoisotopic (exact) mass is 358 g/mol. The van der Waals surface area contributed by atoms with Crippen LogP contribution in [0, 0.1) is 0 Å². The van der Waals surface area contributed by atoms with E-state index >= 15 is 0 Å². The summed E-state index contributed by atoms with van der Waals surface area (Å²) in [7, 11) is 0. The van der Waals surface area contributed by atoms with Crippen LogP contribution in [0.25, 0.3) is 0 Å². The first-order chi connectivity index (χ1) is 11.5. The topological polar surface area (TPSA) is 34.6 Å². The second kappa shape index (κ2) is 7.50. The lowest BCUT2D eigenvalue weighted by Gasteiger charge is -2.23. The average molecular weight is 358 g/mol. The summed E-state index contributed by atoms with van der Waals surface area (Å²) in [5.41, 5.74) is -0.683. The van der Waals surface area contributed by atoms with Crippen LogP contribution in [-0.2, 0) is 17.5 Å². The van der Waals surface area contributed by atoms with Crippen LogP contribution in [0.2, 0.25) is 0 Å². The highest BCUT2D eigenvalue weighted by molar-refractivity contribution is 7.09. The Morgan fingerprint density at radius 1 is 1.29 bits per heavy atom. The lowest BCUT2D eigenvalue weighted by atomic mass is 10.2. The van der Waals surface area contributed by atoms with E-state index in [0.29, 0.717) is 32.1 Å². The van der Waals surface area contributed by atoms with E-state index in [4.69, 9.17) is 9.47 Å². The molecule has 0 radical (unpaired) electrons. The summed E-state index contributed by atoms with van der Waals surface area (Å²) in [6, 6.07) is 4.75. The van der Waals surface area contributed by atoms with Crippen molar-refractivity contribution >= 4 is 11.3 Å². The molecule has 0 N–H and O–H groups in total. The van der Waals surface area contributed by atoms with E-state index < -0.39 is 11.7 Å². The minimum Gasteiger partial charge on any atom is -0.487 e. The van der Waals surface area contributed by atoms with Gasteiger partial charge in [0.15, 0.2) is 0 Å². The normalized spacial score (nSPS) is 19.9. The van der Waals surface area contributed by atoms with Gasteiger partial charge in [0.25, 0.3) is 0 Å². The zero-order chi connectivity index (χ0) is 17.0. The van der Waals surface area contributed by atoms with Crippen LogP contribution in [-0.4, -0.2) is 42.3 Å². The number of benzene rings is 1. The van der Waals surface area contributed by atoms with Crippen LogP contribution >= 0.6 is 11.3 Å². The third kappa shape index (κ3) is 4.68. The molecule has 0 saturated carbocycles. The maximum atomic E-state index is 12.6. The molecule has 1 saturated heterocycles. The van der Waals surface area contributed by atoms with Crippen molar-refractivity contribution in [2.24, 2.45) is 0 Å². The van der Waals surface area contributed by atoms with Gasteiger partial charge in [-0.25, -0.2) is 4.98 Å². The Morgan fingerprint density at radius 3 is 2.75 bits per heavy atom. The lowest BCUT2D eigenvalue weighted by Crippen LogP contribution is -2.35. The van der Waals surface area contributed by atoms with Crippen LogP contribution < -0.4 is 4.74 Å². The van der Waals surface area contributed by atoms with Gasteiger partial charge in [0.2, 0.25) is 0 Å². The molecule has 4 nitrogen and oxygen atoms in total. The maximum Gasteiger partial charge on any atom is 0.416 e. The molecule has 1 aliphatic heterocycles. The van der Waals surface area contributed by atoms with Gasteiger partial charge in [-0.1, -0.05) is 0 Å². The number of ether oxygens (including phenoxy) is 2. The number of rotatable bonds is 4. The Bertz CT molecular complexity index is 632. The molecule has 0 amide bonds. The molecule has 1 aliphatic rings. The SMILES string of the molecule is FC(F)(F)c1ccc(OC2COCCN(Cc3nccs3)C2)cc1. The predicted octanol–water partition coefficient (Wildman–Crippen LogP) is 3.44. The summed E-state index contributed by atoms with van der Waals surface area (Å²) < 4.78 is 49.1. The number of halogens is 3. The molecule has 8 heteroatoms. The molecule has 1 unspecified atom stereocenters. The van der Waals surface area contributed by atoms with E-state index in [9.17, 15) is 13.2 Å². The molecule has 2 heterocycles. The van der Waals surface area contributed by atoms with Crippen molar-refractivity contribution in [2.75, 3.05) is 26.3 Å². The third-order valence-electron chi connectivity index (χ3n) is 3.64. The van der Waals surface area contributed by atoms with E-state index in [1.165, 1.54) is 12.1 Å². The van der Waals surface area contributed by atoms with Gasteiger partial charge in [-0.2, -0.15) is 13.2 Å². The van der Waals surface area contributed by atoms with E-state index in [1.807, 2.05) is 5.38 Å². The third-order valence-corrected chi connectivity index (χ3v) is 4.41. The number of aromatic nitrogens is 1. The molecule has 2 aromatic rings. The quantitative estimate of drug-likeness (QED) is 0.839. The molecule has 130 valence electrons. The second-order valence-corrected chi connectivity index (χ2v) is 6.48. The highest BCUT2D eigenvalue weighted by Crippen LogP contribution is 2.30. The Labute approximate surface area is 141 Å². The fourth-order valence-corrected chi connectivity index (χ4v) is 3.15. The molecular formula is C16H17F3N2O2S. The summed E-state index contributed by atoms with van der Waals surface area (Å²) in [6.07, 6.45) is -2.80. The summed E-state index contributed by atoms with van der Waals surface area (Å²) in [5.74, 6) is 0.410. The molecule has 1 aromatic carbocycles. The van der Waals surface area contributed by atoms with E-state index in [2.05, 4.69) is 9.88 Å². The maximum absolute atomic E-state index is 12.6. The fourth-order valence-electron chi connectivity index (χ4n) is 2.49. The van der Waals surface area contributed by atoms with E-state index in [0.717, 1.165) is 23.7 Å². The van der Waals surface area contributed by atoms with Crippen molar-refractivity contribution in [1.29, 1.82) is 0 Å². The molecule has 1 aromatic heterocycles. The van der Waals surface area contributed by atoms with Crippen LogP contribution in [0.4, 0.5) is 13.2 Å². The zero-order valence-corrected chi connectivity index (χ0v) is 13.6. The van der Waals surface area contributed by atoms with Crippen molar-refractivity contribution in [3.05, 3.63) is 46.4 Å². The van der Waals surface area contributed by atoms with Gasteiger partial charge in [0.05, 0.1) is 25.3 Å². The summed E-state index contributed by atoms with van der Waals surface area (Å²) in [5, 5.41) is 2.95. The van der Waals surface area contributed by atoms with Gasteiger partial charge in [0, 0.05) is 24.7 Å². The highest BCUT2D eigenvalue weighted by atomic mass is 32.1. The summed E-state index contributed by atoms with van der Waals surface area (Å²) in [6.45, 7) is 3.13. The van der Waals surface area contributed by atoms with Crippen molar-refractivity contribution < 1.29 is 22.6 Å². The first kappa shape index (κ1) is 17.2. The van der Waals surface area contributed by atoms with Crippen LogP contribution in [0.3, 0.4) is 0 Å². The molecule has 1 fully saturated rings. The fraction of sp³-hybridized carbons (Fsp3) is 0.438. The van der Waals surface area contributed by atoms with Crippen molar-refractivity contribution in [3.8, 4) is 5.75 Å². The smallest absolute Gasteiger partial charge is 0.416 e. The Balaban J connectivity index is 1.60. The number of nitrogens with zero attached hydrogens (tertiary/aromatic N) is 2. The first-order valence-electron chi connectivity index (χ1n) is 7.53. The predicted molar refractivity (Wildman–Crippen MR) is 84.1 cm³/mol. The van der Waals surface area contributed by atoms with Gasteiger partial charge in [0.1, 0.15) is 16.9 Å². The van der Waals surface area contributed by atoms with Gasteiger partial charge < -0.3 is 9.47 Å². The molecule has 0 bridgehead atoms. The standard InChI is InChI=1S/C16H17F3N2O2S/c17-16(18,19)12-1-3-13(4-2-12)23-14-9-21(6-7-22-11-14)10-15-20-5-8-24-15/h1-5,8,14H,6-7,9-11H2. The van der Waals surface area contributed by atoms with Crippen LogP contribution in [0.15, 0.2) is 35.8 Å². The van der Waals surface area contributed by atoms with Gasteiger partial charge >= 0.3 is 6.18 Å². The number of alkyl halides is 3. The zero-order valence-electron chi connectivity index (χ0n) is 12.8. The summed E-state index contributed by atoms with van der Waals surface area (Å²) in [4.78, 5) is 6.45. The van der Waals surface area contributed by atoms with Gasteiger partial charge in [-0.05, 0) is 24.3 Å². The first-order valence-corrected chi connectivity index (χ1v) is 8.41. The molecule has 0 spiro atoms. The minimum atomic E-state index is -4.34. The highest BCUT2D eigenvalue weighted by Gasteiger charge is 2.30. The molecule has 24 heavy (non-hydrogen) atoms. The number of hydrogen-bond acceptors (Lipinski definition) is 5. The van der Waals surface area contributed by atoms with Crippen LogP contribution in [0.5, 0.6) is 5.75 Å². The second-order valence-electron chi connectivity index (χ2n) is 5.50. The Morgan fingerprint density at radius 2 is 2.08 bits per heavy atom. The summed E-state index contributed by atoms with van der Waals surface area (Å²) >= 11 is 1.59. The Hall–Kier alpha value is -1.64. The number of thiazole rings is 1. The van der Waals surface area contributed by atoms with Crippen molar-refractivity contribution in [3.63, 3.8) is 0 Å². The van der Waals surface area contributed by atoms with Gasteiger partial charge in [-0.15, -0.1) is 11.3 Å². The number of hydrogen-bond donors (Lipinski definition) is 0. The van der Waals surface area contributed by atoms with Crippen molar-refractivity contribution in [2.45, 2.75) is 18.8 Å². The van der Waals surface area contributed by atoms with E-state index in [-0.39, 0.29) is 6.10 Å². The van der Waals surface area contributed by atoms with Crippen LogP contribution in [0.1, 0.15) is 10.6 Å². The molecule has 0 aliphatic carbocycles. The Kier molecular flexibility index (Phi) is 5.37. The minimum absolute atomic E-state index is 0.232. The molecule has 1 atom stereocenters. The average Bonchev–Trinajstić information content (AvgIpc) is 2.94. The largest absolute Gasteiger partial charge is 0.487 e. The van der Waals surface area contributed by atoms with E-state index in [1.54, 1.807) is 17.5 Å². The van der Waals surface area contributed by atoms with Crippen molar-refractivity contribution in [1.82, 2.24) is 9.88 Å². The molecule has 3 rings (SSSR count). The lowest BCUT2D eigenvalue weighted by molar-refractivity contribution is -0.137. The van der Waals surface area contributed by atoms with Gasteiger partial charge in [-0.3, -0.25) is 4.90 Å².